The predicted molar refractivity (Wildman–Crippen MR) is 81.9 cm³/mol. The molecule has 0 spiro atoms. The molecule has 2 aromatic rings. The lowest BCUT2D eigenvalue weighted by Gasteiger charge is -2.28. The van der Waals surface area contributed by atoms with E-state index in [1.165, 1.54) is 5.56 Å². The maximum atomic E-state index is 12.6. The van der Waals surface area contributed by atoms with Gasteiger partial charge in [-0.05, 0) is 41.8 Å². The van der Waals surface area contributed by atoms with Crippen molar-refractivity contribution in [3.05, 3.63) is 64.1 Å². The van der Waals surface area contributed by atoms with Crippen LogP contribution in [0.4, 0.5) is 0 Å². The lowest BCUT2D eigenvalue weighted by atomic mass is 10.0. The lowest BCUT2D eigenvalue weighted by Crippen LogP contribution is -2.35. The summed E-state index contributed by atoms with van der Waals surface area (Å²) >= 11 is 3.44. The molecule has 20 heavy (non-hydrogen) atoms. The van der Waals surface area contributed by atoms with E-state index in [9.17, 15) is 8.42 Å². The number of nitrogens with zero attached hydrogens (tertiary/aromatic N) is 1. The zero-order chi connectivity index (χ0) is 14.2. The first-order chi connectivity index (χ1) is 9.57. The molecule has 2 aromatic carbocycles. The summed E-state index contributed by atoms with van der Waals surface area (Å²) in [6.45, 7) is 0.970. The van der Waals surface area contributed by atoms with Crippen LogP contribution in [0.15, 0.2) is 57.9 Å². The Balaban J connectivity index is 1.94. The summed E-state index contributed by atoms with van der Waals surface area (Å²) < 4.78 is 27.7. The van der Waals surface area contributed by atoms with Gasteiger partial charge in [0.25, 0.3) is 0 Å². The molecule has 0 amide bonds. The fraction of sp³-hybridized carbons (Fsp3) is 0.200. The molecule has 0 saturated heterocycles. The third-order valence-corrected chi connectivity index (χ3v) is 5.88. The number of hydrogen-bond donors (Lipinski definition) is 0. The van der Waals surface area contributed by atoms with E-state index in [4.69, 9.17) is 0 Å². The first-order valence-corrected chi connectivity index (χ1v) is 8.63. The molecule has 0 aromatic heterocycles. The SMILES string of the molecule is O=S(=O)(c1ccccc1)N1CCc2ccc(Br)cc2C1. The van der Waals surface area contributed by atoms with E-state index in [0.29, 0.717) is 18.0 Å². The van der Waals surface area contributed by atoms with Crippen molar-refractivity contribution in [1.82, 2.24) is 4.31 Å². The van der Waals surface area contributed by atoms with E-state index in [1.807, 2.05) is 18.2 Å². The molecule has 1 heterocycles. The summed E-state index contributed by atoms with van der Waals surface area (Å²) in [6, 6.07) is 14.7. The highest BCUT2D eigenvalue weighted by molar-refractivity contribution is 9.10. The number of sulfonamides is 1. The van der Waals surface area contributed by atoms with E-state index in [0.717, 1.165) is 16.5 Å². The van der Waals surface area contributed by atoms with Crippen LogP contribution in [-0.4, -0.2) is 19.3 Å². The third-order valence-electron chi connectivity index (χ3n) is 3.53. The Morgan fingerprint density at radius 3 is 2.50 bits per heavy atom. The van der Waals surface area contributed by atoms with Gasteiger partial charge in [-0.2, -0.15) is 4.31 Å². The zero-order valence-electron chi connectivity index (χ0n) is 10.8. The predicted octanol–water partition coefficient (Wildman–Crippen LogP) is 3.20. The summed E-state index contributed by atoms with van der Waals surface area (Å²) in [4.78, 5) is 0.360. The Morgan fingerprint density at radius 1 is 1.00 bits per heavy atom. The highest BCUT2D eigenvalue weighted by Crippen LogP contribution is 2.26. The Labute approximate surface area is 127 Å². The molecule has 0 saturated carbocycles. The van der Waals surface area contributed by atoms with Crippen molar-refractivity contribution in [2.75, 3.05) is 6.54 Å². The van der Waals surface area contributed by atoms with Crippen molar-refractivity contribution < 1.29 is 8.42 Å². The first kappa shape index (κ1) is 13.8. The minimum absolute atomic E-state index is 0.360. The van der Waals surface area contributed by atoms with Gasteiger partial charge in [-0.3, -0.25) is 0 Å². The zero-order valence-corrected chi connectivity index (χ0v) is 13.2. The molecule has 3 nitrogen and oxygen atoms in total. The van der Waals surface area contributed by atoms with Gasteiger partial charge in [0, 0.05) is 17.6 Å². The molecule has 0 radical (unpaired) electrons. The average Bonchev–Trinajstić information content (AvgIpc) is 2.47. The van der Waals surface area contributed by atoms with E-state index in [-0.39, 0.29) is 0 Å². The van der Waals surface area contributed by atoms with Gasteiger partial charge in [-0.1, -0.05) is 40.2 Å². The van der Waals surface area contributed by atoms with E-state index in [2.05, 4.69) is 22.0 Å². The highest BCUT2D eigenvalue weighted by Gasteiger charge is 2.28. The molecule has 0 N–H and O–H groups in total. The van der Waals surface area contributed by atoms with Gasteiger partial charge >= 0.3 is 0 Å². The van der Waals surface area contributed by atoms with Crippen molar-refractivity contribution in [1.29, 1.82) is 0 Å². The van der Waals surface area contributed by atoms with E-state index < -0.39 is 10.0 Å². The standard InChI is InChI=1S/C15H14BrNO2S/c16-14-7-6-12-8-9-17(11-13(12)10-14)20(18,19)15-4-2-1-3-5-15/h1-7,10H,8-9,11H2. The molecule has 0 fully saturated rings. The summed E-state index contributed by atoms with van der Waals surface area (Å²) in [5.74, 6) is 0. The molecule has 0 bridgehead atoms. The minimum atomic E-state index is -3.40. The quantitative estimate of drug-likeness (QED) is 0.833. The number of fused-ring (bicyclic) bond motifs is 1. The summed E-state index contributed by atoms with van der Waals surface area (Å²) in [7, 11) is -3.40. The van der Waals surface area contributed by atoms with Gasteiger partial charge in [0.2, 0.25) is 10.0 Å². The molecule has 5 heteroatoms. The molecular weight excluding hydrogens is 338 g/mol. The van der Waals surface area contributed by atoms with Gasteiger partial charge in [-0.15, -0.1) is 0 Å². The Morgan fingerprint density at radius 2 is 1.75 bits per heavy atom. The normalized spacial score (nSPS) is 15.8. The van der Waals surface area contributed by atoms with Crippen LogP contribution < -0.4 is 0 Å². The van der Waals surface area contributed by atoms with E-state index >= 15 is 0 Å². The second kappa shape index (κ2) is 5.31. The van der Waals surface area contributed by atoms with E-state index in [1.54, 1.807) is 28.6 Å². The van der Waals surface area contributed by atoms with Crippen molar-refractivity contribution in [3.8, 4) is 0 Å². The number of rotatable bonds is 2. The van der Waals surface area contributed by atoms with Gasteiger partial charge in [0.05, 0.1) is 4.90 Å². The van der Waals surface area contributed by atoms with Gasteiger partial charge in [0.15, 0.2) is 0 Å². The summed E-state index contributed by atoms with van der Waals surface area (Å²) in [6.07, 6.45) is 0.759. The van der Waals surface area contributed by atoms with Crippen LogP contribution in [0, 0.1) is 0 Å². The average molecular weight is 352 g/mol. The molecule has 1 aliphatic heterocycles. The second-order valence-electron chi connectivity index (χ2n) is 4.81. The Hall–Kier alpha value is -1.17. The van der Waals surface area contributed by atoms with Crippen LogP contribution >= 0.6 is 15.9 Å². The molecular formula is C15H14BrNO2S. The highest BCUT2D eigenvalue weighted by atomic mass is 79.9. The molecule has 0 aliphatic carbocycles. The van der Waals surface area contributed by atoms with Crippen LogP contribution in [-0.2, 0) is 23.0 Å². The minimum Gasteiger partial charge on any atom is -0.207 e. The first-order valence-electron chi connectivity index (χ1n) is 6.40. The maximum absolute atomic E-state index is 12.6. The molecule has 3 rings (SSSR count). The van der Waals surface area contributed by atoms with Crippen LogP contribution in [0.2, 0.25) is 0 Å². The third kappa shape index (κ3) is 2.53. The number of benzene rings is 2. The van der Waals surface area contributed by atoms with Crippen molar-refractivity contribution in [2.24, 2.45) is 0 Å². The van der Waals surface area contributed by atoms with Crippen LogP contribution in [0.3, 0.4) is 0 Å². The van der Waals surface area contributed by atoms with Crippen LogP contribution in [0.1, 0.15) is 11.1 Å². The van der Waals surface area contributed by atoms with Crippen molar-refractivity contribution >= 4 is 26.0 Å². The fourth-order valence-corrected chi connectivity index (χ4v) is 4.29. The molecule has 104 valence electrons. The van der Waals surface area contributed by atoms with Crippen molar-refractivity contribution in [2.45, 2.75) is 17.9 Å². The topological polar surface area (TPSA) is 37.4 Å². The fourth-order valence-electron chi connectivity index (χ4n) is 2.45. The Kier molecular flexibility index (Phi) is 3.67. The number of hydrogen-bond acceptors (Lipinski definition) is 2. The largest absolute Gasteiger partial charge is 0.243 e. The molecule has 1 aliphatic rings. The molecule has 0 unspecified atom stereocenters. The van der Waals surface area contributed by atoms with Crippen molar-refractivity contribution in [3.63, 3.8) is 0 Å². The lowest BCUT2D eigenvalue weighted by molar-refractivity contribution is 0.391. The van der Waals surface area contributed by atoms with Crippen LogP contribution in [0.5, 0.6) is 0 Å². The monoisotopic (exact) mass is 351 g/mol. The van der Waals surface area contributed by atoms with Crippen LogP contribution in [0.25, 0.3) is 0 Å². The molecule has 0 atom stereocenters. The maximum Gasteiger partial charge on any atom is 0.243 e. The number of halogens is 1. The Bertz CT molecular complexity index is 729. The second-order valence-corrected chi connectivity index (χ2v) is 7.67. The summed E-state index contributed by atoms with van der Waals surface area (Å²) in [5.41, 5.74) is 2.30. The van der Waals surface area contributed by atoms with Gasteiger partial charge in [0.1, 0.15) is 0 Å². The van der Waals surface area contributed by atoms with Gasteiger partial charge < -0.3 is 0 Å². The summed E-state index contributed by atoms with van der Waals surface area (Å²) in [5, 5.41) is 0. The smallest absolute Gasteiger partial charge is 0.207 e. The van der Waals surface area contributed by atoms with Gasteiger partial charge in [-0.25, -0.2) is 8.42 Å².